The third-order valence-electron chi connectivity index (χ3n) is 2.52. The molecule has 1 atom stereocenters. The first-order chi connectivity index (χ1) is 7.22. The van der Waals surface area contributed by atoms with Crippen LogP contribution < -0.4 is 16.6 Å². The molecule has 0 aromatic carbocycles. The highest BCUT2D eigenvalue weighted by Gasteiger charge is 2.18. The van der Waals surface area contributed by atoms with Crippen molar-refractivity contribution in [2.24, 2.45) is 0 Å². The molecule has 1 aromatic heterocycles. The van der Waals surface area contributed by atoms with Crippen molar-refractivity contribution in [1.82, 2.24) is 14.9 Å². The Labute approximate surface area is 85.2 Å². The Balaban J connectivity index is 2.52. The summed E-state index contributed by atoms with van der Waals surface area (Å²) in [5, 5.41) is 11.8. The van der Waals surface area contributed by atoms with E-state index in [0.717, 1.165) is 13.0 Å². The fourth-order valence-corrected chi connectivity index (χ4v) is 1.71. The number of nitrogens with one attached hydrogen (secondary N) is 2. The summed E-state index contributed by atoms with van der Waals surface area (Å²) in [5.74, 6) is 0. The monoisotopic (exact) mass is 206 g/mol. The van der Waals surface area contributed by atoms with E-state index in [1.807, 2.05) is 0 Å². The summed E-state index contributed by atoms with van der Waals surface area (Å²) < 4.78 is 1.42. The van der Waals surface area contributed by atoms with Crippen molar-refractivity contribution in [2.75, 3.05) is 13.1 Å². The molecule has 2 rings (SSSR count). The van der Waals surface area contributed by atoms with E-state index in [0.29, 0.717) is 6.54 Å². The van der Waals surface area contributed by atoms with E-state index in [-0.39, 0.29) is 11.6 Å². The van der Waals surface area contributed by atoms with E-state index >= 15 is 0 Å². The molecular weight excluding hydrogens is 196 g/mol. The predicted octanol–water partition coefficient (Wildman–Crippen LogP) is -1.06. The average molecular weight is 206 g/mol. The number of nitriles is 1. The fourth-order valence-electron chi connectivity index (χ4n) is 1.71. The van der Waals surface area contributed by atoms with Crippen LogP contribution in [0.15, 0.2) is 15.8 Å². The number of rotatable bonds is 1. The topological polar surface area (TPSA) is 90.7 Å². The first kappa shape index (κ1) is 9.68. The van der Waals surface area contributed by atoms with Gasteiger partial charge in [0.25, 0.3) is 5.56 Å². The summed E-state index contributed by atoms with van der Waals surface area (Å²) in [7, 11) is 0. The maximum atomic E-state index is 11.5. The quantitative estimate of drug-likeness (QED) is 0.613. The first-order valence-electron chi connectivity index (χ1n) is 4.68. The SMILES string of the molecule is N#Cc1cn(C2CCNC2)c(=O)[nH]c1=O. The summed E-state index contributed by atoms with van der Waals surface area (Å²) in [6.07, 6.45) is 2.16. The van der Waals surface area contributed by atoms with Gasteiger partial charge in [0.1, 0.15) is 11.6 Å². The molecule has 15 heavy (non-hydrogen) atoms. The molecule has 0 radical (unpaired) electrons. The van der Waals surface area contributed by atoms with Gasteiger partial charge < -0.3 is 5.32 Å². The second-order valence-electron chi connectivity index (χ2n) is 3.47. The predicted molar refractivity (Wildman–Crippen MR) is 52.6 cm³/mol. The van der Waals surface area contributed by atoms with Crippen molar-refractivity contribution in [3.63, 3.8) is 0 Å². The highest BCUT2D eigenvalue weighted by Crippen LogP contribution is 2.11. The standard InChI is InChI=1S/C9H10N4O2/c10-3-6-5-13(7-1-2-11-4-7)9(15)12-8(6)14/h5,7,11H,1-2,4H2,(H,12,14,15). The van der Waals surface area contributed by atoms with Crippen molar-refractivity contribution in [2.45, 2.75) is 12.5 Å². The van der Waals surface area contributed by atoms with Crippen molar-refractivity contribution < 1.29 is 0 Å². The van der Waals surface area contributed by atoms with Gasteiger partial charge >= 0.3 is 5.69 Å². The minimum absolute atomic E-state index is 0.0264. The molecule has 2 N–H and O–H groups in total. The summed E-state index contributed by atoms with van der Waals surface area (Å²) in [5.41, 5.74) is -1.10. The first-order valence-corrected chi connectivity index (χ1v) is 4.68. The molecule has 0 amide bonds. The van der Waals surface area contributed by atoms with Crippen LogP contribution in [0.1, 0.15) is 18.0 Å². The van der Waals surface area contributed by atoms with Gasteiger partial charge in [-0.15, -0.1) is 0 Å². The van der Waals surface area contributed by atoms with Gasteiger partial charge in [0.05, 0.1) is 6.04 Å². The molecule has 0 saturated carbocycles. The zero-order chi connectivity index (χ0) is 10.8. The molecular formula is C9H10N4O2. The highest BCUT2D eigenvalue weighted by molar-refractivity contribution is 5.22. The van der Waals surface area contributed by atoms with E-state index in [2.05, 4.69) is 10.3 Å². The second kappa shape index (κ2) is 3.71. The van der Waals surface area contributed by atoms with Gasteiger partial charge in [-0.2, -0.15) is 5.26 Å². The Morgan fingerprint density at radius 1 is 1.53 bits per heavy atom. The summed E-state index contributed by atoms with van der Waals surface area (Å²) in [4.78, 5) is 24.7. The van der Waals surface area contributed by atoms with Crippen LogP contribution in [-0.2, 0) is 0 Å². The average Bonchev–Trinajstić information content (AvgIpc) is 2.71. The fraction of sp³-hybridized carbons (Fsp3) is 0.444. The van der Waals surface area contributed by atoms with Gasteiger partial charge in [-0.1, -0.05) is 0 Å². The number of aromatic amines is 1. The Bertz CT molecular complexity index is 516. The zero-order valence-electron chi connectivity index (χ0n) is 7.99. The maximum absolute atomic E-state index is 11.5. The number of hydrogen-bond donors (Lipinski definition) is 2. The van der Waals surface area contributed by atoms with E-state index in [9.17, 15) is 9.59 Å². The third-order valence-corrected chi connectivity index (χ3v) is 2.52. The van der Waals surface area contributed by atoms with E-state index < -0.39 is 11.2 Å². The largest absolute Gasteiger partial charge is 0.328 e. The summed E-state index contributed by atoms with van der Waals surface area (Å²) in [6.45, 7) is 1.54. The van der Waals surface area contributed by atoms with Crippen molar-refractivity contribution in [1.29, 1.82) is 5.26 Å². The molecule has 6 heteroatoms. The Morgan fingerprint density at radius 2 is 2.33 bits per heavy atom. The Kier molecular flexibility index (Phi) is 2.39. The second-order valence-corrected chi connectivity index (χ2v) is 3.47. The Hall–Kier alpha value is -1.87. The highest BCUT2D eigenvalue weighted by atomic mass is 16.2. The number of nitrogens with zero attached hydrogens (tertiary/aromatic N) is 2. The van der Waals surface area contributed by atoms with Crippen LogP contribution in [0.2, 0.25) is 0 Å². The summed E-state index contributed by atoms with van der Waals surface area (Å²) in [6, 6.07) is 1.79. The molecule has 0 aliphatic carbocycles. The molecule has 2 heterocycles. The van der Waals surface area contributed by atoms with Crippen LogP contribution >= 0.6 is 0 Å². The van der Waals surface area contributed by atoms with Gasteiger partial charge in [-0.05, 0) is 13.0 Å². The molecule has 0 bridgehead atoms. The van der Waals surface area contributed by atoms with E-state index in [4.69, 9.17) is 5.26 Å². The van der Waals surface area contributed by atoms with E-state index in [1.165, 1.54) is 10.8 Å². The molecule has 1 fully saturated rings. The molecule has 1 unspecified atom stereocenters. The number of H-pyrrole nitrogens is 1. The normalized spacial score (nSPS) is 20.1. The lowest BCUT2D eigenvalue weighted by Gasteiger charge is -2.11. The molecule has 1 aromatic rings. The maximum Gasteiger partial charge on any atom is 0.328 e. The van der Waals surface area contributed by atoms with Gasteiger partial charge in [-0.25, -0.2) is 4.79 Å². The molecule has 78 valence electrons. The Morgan fingerprint density at radius 3 is 2.93 bits per heavy atom. The molecule has 1 aliphatic rings. The van der Waals surface area contributed by atoms with Crippen molar-refractivity contribution >= 4 is 0 Å². The van der Waals surface area contributed by atoms with Crippen LogP contribution in [0.4, 0.5) is 0 Å². The number of hydrogen-bond acceptors (Lipinski definition) is 4. The zero-order valence-corrected chi connectivity index (χ0v) is 7.99. The van der Waals surface area contributed by atoms with Gasteiger partial charge in [0.2, 0.25) is 0 Å². The van der Waals surface area contributed by atoms with Crippen LogP contribution in [0, 0.1) is 11.3 Å². The van der Waals surface area contributed by atoms with Crippen molar-refractivity contribution in [3.05, 3.63) is 32.6 Å². The minimum atomic E-state index is -0.621. The van der Waals surface area contributed by atoms with Crippen LogP contribution in [0.3, 0.4) is 0 Å². The van der Waals surface area contributed by atoms with Crippen molar-refractivity contribution in [3.8, 4) is 6.07 Å². The van der Waals surface area contributed by atoms with Gasteiger partial charge in [-0.3, -0.25) is 14.3 Å². The lowest BCUT2D eigenvalue weighted by molar-refractivity contribution is 0.515. The van der Waals surface area contributed by atoms with Gasteiger partial charge in [0, 0.05) is 12.7 Å². The number of aromatic nitrogens is 2. The van der Waals surface area contributed by atoms with E-state index in [1.54, 1.807) is 6.07 Å². The van der Waals surface area contributed by atoms with Crippen LogP contribution in [0.5, 0.6) is 0 Å². The molecule has 1 saturated heterocycles. The lowest BCUT2D eigenvalue weighted by Crippen LogP contribution is -2.34. The smallest absolute Gasteiger partial charge is 0.315 e. The molecule has 0 spiro atoms. The van der Waals surface area contributed by atoms with Gasteiger partial charge in [0.15, 0.2) is 0 Å². The van der Waals surface area contributed by atoms with Crippen LogP contribution in [0.25, 0.3) is 0 Å². The molecule has 1 aliphatic heterocycles. The molecule has 6 nitrogen and oxygen atoms in total. The minimum Gasteiger partial charge on any atom is -0.315 e. The van der Waals surface area contributed by atoms with Crippen LogP contribution in [-0.4, -0.2) is 22.6 Å². The lowest BCUT2D eigenvalue weighted by atomic mass is 10.2. The summed E-state index contributed by atoms with van der Waals surface area (Å²) >= 11 is 0. The third kappa shape index (κ3) is 1.69.